The molecule has 0 saturated heterocycles. The van der Waals surface area contributed by atoms with Crippen molar-refractivity contribution in [3.8, 4) is 5.75 Å². The summed E-state index contributed by atoms with van der Waals surface area (Å²) in [5.74, 6) is 0.637. The maximum Gasteiger partial charge on any atom is 0.176 e. The molecule has 1 unspecified atom stereocenters. The van der Waals surface area contributed by atoms with Crippen molar-refractivity contribution in [2.45, 2.75) is 6.61 Å². The monoisotopic (exact) mass is 430 g/mol. The molecule has 0 N–H and O–H groups in total. The molecule has 0 amide bonds. The molecule has 2 heterocycles. The van der Waals surface area contributed by atoms with Crippen molar-refractivity contribution >= 4 is 55.1 Å². The highest BCUT2D eigenvalue weighted by Gasteiger charge is 2.12. The lowest BCUT2D eigenvalue weighted by Gasteiger charge is -2.11. The molecule has 4 aromatic rings. The van der Waals surface area contributed by atoms with Gasteiger partial charge in [0.05, 0.1) is 23.3 Å². The third kappa shape index (κ3) is 3.40. The van der Waals surface area contributed by atoms with Gasteiger partial charge in [0.25, 0.3) is 0 Å². The predicted octanol–water partition coefficient (Wildman–Crippen LogP) is 5.87. The molecule has 2 aromatic carbocycles. The van der Waals surface area contributed by atoms with Crippen molar-refractivity contribution in [2.75, 3.05) is 6.26 Å². The van der Waals surface area contributed by atoms with Gasteiger partial charge in [-0.05, 0) is 63.0 Å². The average molecular weight is 431 g/mol. The Morgan fingerprint density at radius 2 is 1.85 bits per heavy atom. The van der Waals surface area contributed by atoms with Crippen molar-refractivity contribution in [1.82, 2.24) is 0 Å². The number of rotatable bonds is 5. The number of hydrogen-bond donors (Lipinski definition) is 0. The second-order valence-electron chi connectivity index (χ2n) is 5.83. The van der Waals surface area contributed by atoms with Gasteiger partial charge in [-0.15, -0.1) is 0 Å². The van der Waals surface area contributed by atoms with Crippen LogP contribution in [0.2, 0.25) is 0 Å². The van der Waals surface area contributed by atoms with E-state index in [-0.39, 0.29) is 0 Å². The molecule has 1 atom stereocenters. The molecule has 132 valence electrons. The highest BCUT2D eigenvalue weighted by Crippen LogP contribution is 2.33. The maximum atomic E-state index is 11.4. The zero-order valence-electron chi connectivity index (χ0n) is 13.9. The lowest BCUT2D eigenvalue weighted by atomic mass is 10.1. The fourth-order valence-electron chi connectivity index (χ4n) is 2.81. The topological polar surface area (TPSA) is 58.6 Å². The molecule has 26 heavy (non-hydrogen) atoms. The summed E-state index contributed by atoms with van der Waals surface area (Å²) in [5.41, 5.74) is 3.32. The lowest BCUT2D eigenvalue weighted by Crippen LogP contribution is -1.98. The van der Waals surface area contributed by atoms with Gasteiger partial charge in [0, 0.05) is 16.3 Å². The number of fused-ring (bicyclic) bond motifs is 2. The van der Waals surface area contributed by atoms with E-state index in [0.29, 0.717) is 17.9 Å². The van der Waals surface area contributed by atoms with E-state index in [0.717, 1.165) is 32.0 Å². The molecule has 0 bridgehead atoms. The predicted molar refractivity (Wildman–Crippen MR) is 108 cm³/mol. The molecule has 0 spiro atoms. The SMILES string of the molecule is C[S+]([O-])/C=C/c1ccc2ccoc2c1OCc1cc(Br)c2occc2c1. The fourth-order valence-corrected chi connectivity index (χ4v) is 3.76. The van der Waals surface area contributed by atoms with Gasteiger partial charge < -0.3 is 18.1 Å². The highest BCUT2D eigenvalue weighted by molar-refractivity contribution is 9.10. The van der Waals surface area contributed by atoms with Crippen LogP contribution >= 0.6 is 15.9 Å². The normalized spacial score (nSPS) is 13.0. The largest absolute Gasteiger partial charge is 0.612 e. The number of ether oxygens (including phenoxy) is 1. The van der Waals surface area contributed by atoms with Crippen LogP contribution in [0.15, 0.2) is 67.6 Å². The first-order valence-corrected chi connectivity index (χ1v) is 10.3. The minimum atomic E-state index is -1.04. The van der Waals surface area contributed by atoms with Gasteiger partial charge in [0.1, 0.15) is 17.6 Å². The van der Waals surface area contributed by atoms with E-state index >= 15 is 0 Å². The second kappa shape index (κ2) is 7.23. The summed E-state index contributed by atoms with van der Waals surface area (Å²) in [7, 11) is 0. The van der Waals surface area contributed by atoms with Gasteiger partial charge >= 0.3 is 0 Å². The third-order valence-corrected chi connectivity index (χ3v) is 5.10. The summed E-state index contributed by atoms with van der Waals surface area (Å²) in [6.45, 7) is 0.371. The minimum Gasteiger partial charge on any atom is -0.612 e. The molecule has 0 aliphatic rings. The van der Waals surface area contributed by atoms with E-state index in [2.05, 4.69) is 15.9 Å². The molecule has 4 rings (SSSR count). The summed E-state index contributed by atoms with van der Waals surface area (Å²) in [4.78, 5) is 0. The van der Waals surface area contributed by atoms with Gasteiger partial charge in [-0.1, -0.05) is 12.1 Å². The van der Waals surface area contributed by atoms with Crippen LogP contribution in [0.1, 0.15) is 11.1 Å². The van der Waals surface area contributed by atoms with Crippen LogP contribution in [0.5, 0.6) is 5.75 Å². The van der Waals surface area contributed by atoms with Crippen LogP contribution < -0.4 is 4.74 Å². The molecular weight excluding hydrogens is 416 g/mol. The smallest absolute Gasteiger partial charge is 0.176 e. The summed E-state index contributed by atoms with van der Waals surface area (Å²) in [5, 5.41) is 3.60. The molecule has 0 aliphatic carbocycles. The Morgan fingerprint density at radius 3 is 2.65 bits per heavy atom. The van der Waals surface area contributed by atoms with Crippen LogP contribution in [0, 0.1) is 0 Å². The molecule has 2 aromatic heterocycles. The van der Waals surface area contributed by atoms with E-state index in [1.54, 1.807) is 30.3 Å². The molecule has 0 saturated carbocycles. The van der Waals surface area contributed by atoms with Gasteiger partial charge in [0.15, 0.2) is 11.3 Å². The van der Waals surface area contributed by atoms with Gasteiger partial charge in [-0.25, -0.2) is 0 Å². The summed E-state index contributed by atoms with van der Waals surface area (Å²) in [6.07, 6.45) is 6.72. The zero-order chi connectivity index (χ0) is 18.1. The van der Waals surface area contributed by atoms with Crippen molar-refractivity contribution in [3.63, 3.8) is 0 Å². The van der Waals surface area contributed by atoms with Crippen molar-refractivity contribution in [2.24, 2.45) is 0 Å². The molecule has 0 fully saturated rings. The van der Waals surface area contributed by atoms with Crippen LogP contribution in [0.3, 0.4) is 0 Å². The number of halogens is 1. The second-order valence-corrected chi connectivity index (χ2v) is 7.95. The van der Waals surface area contributed by atoms with Crippen molar-refractivity contribution in [1.29, 1.82) is 0 Å². The van der Waals surface area contributed by atoms with Crippen LogP contribution in [0.25, 0.3) is 28.0 Å². The summed E-state index contributed by atoms with van der Waals surface area (Å²) >= 11 is 2.49. The van der Waals surface area contributed by atoms with Crippen LogP contribution in [-0.4, -0.2) is 10.8 Å². The summed E-state index contributed by atoms with van der Waals surface area (Å²) in [6, 6.07) is 11.7. The average Bonchev–Trinajstić information content (AvgIpc) is 3.27. The quantitative estimate of drug-likeness (QED) is 0.371. The Balaban J connectivity index is 1.68. The van der Waals surface area contributed by atoms with E-state index in [4.69, 9.17) is 13.6 Å². The Kier molecular flexibility index (Phi) is 4.80. The molecule has 6 heteroatoms. The third-order valence-electron chi connectivity index (χ3n) is 3.99. The maximum absolute atomic E-state index is 11.4. The van der Waals surface area contributed by atoms with Gasteiger partial charge in [-0.2, -0.15) is 0 Å². The first-order valence-electron chi connectivity index (χ1n) is 7.91. The van der Waals surface area contributed by atoms with E-state index in [9.17, 15) is 4.55 Å². The number of benzene rings is 2. The summed E-state index contributed by atoms with van der Waals surface area (Å²) < 4.78 is 29.5. The first-order chi connectivity index (χ1) is 12.6. The van der Waals surface area contributed by atoms with E-state index in [1.165, 1.54) is 0 Å². The fraction of sp³-hybridized carbons (Fsp3) is 0.100. The zero-order valence-corrected chi connectivity index (χ0v) is 16.3. The van der Waals surface area contributed by atoms with Crippen LogP contribution in [0.4, 0.5) is 0 Å². The standard InChI is InChI=1S/C20H15BrO4S/c1-26(22)9-6-15-3-2-14-4-7-24-19(14)20(15)25-12-13-10-16-5-8-23-18(16)17(21)11-13/h2-11H,12H2,1H3/b9-6+. The Labute approximate surface area is 161 Å². The van der Waals surface area contributed by atoms with Crippen molar-refractivity contribution < 1.29 is 18.1 Å². The van der Waals surface area contributed by atoms with Crippen molar-refractivity contribution in [3.05, 3.63) is 69.9 Å². The molecule has 0 aliphatic heterocycles. The highest BCUT2D eigenvalue weighted by atomic mass is 79.9. The first kappa shape index (κ1) is 17.3. The van der Waals surface area contributed by atoms with Gasteiger partial charge in [0.2, 0.25) is 0 Å². The number of furan rings is 2. The van der Waals surface area contributed by atoms with E-state index < -0.39 is 11.2 Å². The Bertz CT molecular complexity index is 1090. The molecule has 4 nitrogen and oxygen atoms in total. The minimum absolute atomic E-state index is 0.371. The lowest BCUT2D eigenvalue weighted by molar-refractivity contribution is 0.304. The van der Waals surface area contributed by atoms with E-state index in [1.807, 2.05) is 36.4 Å². The number of hydrogen-bond acceptors (Lipinski definition) is 4. The molecular formula is C20H15BrO4S. The molecule has 0 radical (unpaired) electrons. The van der Waals surface area contributed by atoms with Crippen LogP contribution in [-0.2, 0) is 17.8 Å². The Morgan fingerprint density at radius 1 is 1.08 bits per heavy atom. The Hall–Kier alpha value is -2.15. The van der Waals surface area contributed by atoms with Gasteiger partial charge in [-0.3, -0.25) is 0 Å².